The maximum atomic E-state index is 5.75. The SMILES string of the molecule is Cc1nc(-c2cncs2)nc(N)c1I. The van der Waals surface area contributed by atoms with Crippen LogP contribution in [0.15, 0.2) is 11.7 Å². The van der Waals surface area contributed by atoms with Gasteiger partial charge in [-0.1, -0.05) is 0 Å². The molecule has 0 saturated heterocycles. The lowest BCUT2D eigenvalue weighted by atomic mass is 10.4. The third-order valence-corrected chi connectivity index (χ3v) is 3.80. The lowest BCUT2D eigenvalue weighted by Crippen LogP contribution is -2.01. The summed E-state index contributed by atoms with van der Waals surface area (Å²) in [6, 6.07) is 0. The standard InChI is InChI=1S/C8H7IN4S/c1-4-6(9)7(10)13-8(12-4)5-2-11-3-14-5/h2-3H,1H3,(H2,10,12,13). The van der Waals surface area contributed by atoms with Gasteiger partial charge in [-0.15, -0.1) is 11.3 Å². The topological polar surface area (TPSA) is 64.7 Å². The Hall–Kier alpha value is -0.760. The van der Waals surface area contributed by atoms with E-state index in [1.54, 1.807) is 11.7 Å². The lowest BCUT2D eigenvalue weighted by molar-refractivity contribution is 1.10. The Morgan fingerprint density at radius 2 is 2.21 bits per heavy atom. The number of halogens is 1. The van der Waals surface area contributed by atoms with Crippen molar-refractivity contribution in [1.29, 1.82) is 0 Å². The number of anilines is 1. The van der Waals surface area contributed by atoms with Crippen LogP contribution < -0.4 is 5.73 Å². The molecule has 0 saturated carbocycles. The molecule has 72 valence electrons. The van der Waals surface area contributed by atoms with Crippen molar-refractivity contribution in [2.45, 2.75) is 6.92 Å². The maximum Gasteiger partial charge on any atom is 0.173 e. The highest BCUT2D eigenvalue weighted by Gasteiger charge is 2.08. The van der Waals surface area contributed by atoms with Crippen molar-refractivity contribution in [2.24, 2.45) is 0 Å². The van der Waals surface area contributed by atoms with Gasteiger partial charge in [-0.05, 0) is 29.5 Å². The number of aryl methyl sites for hydroxylation is 1. The van der Waals surface area contributed by atoms with Crippen LogP contribution in [0.4, 0.5) is 5.82 Å². The second kappa shape index (κ2) is 3.77. The number of thiazole rings is 1. The predicted octanol–water partition coefficient (Wildman–Crippen LogP) is 2.10. The number of rotatable bonds is 1. The number of nitrogens with zero attached hydrogens (tertiary/aromatic N) is 3. The summed E-state index contributed by atoms with van der Waals surface area (Å²) in [4.78, 5) is 13.5. The van der Waals surface area contributed by atoms with E-state index in [2.05, 4.69) is 37.5 Å². The van der Waals surface area contributed by atoms with Gasteiger partial charge in [0.1, 0.15) is 5.82 Å². The van der Waals surface area contributed by atoms with E-state index in [4.69, 9.17) is 5.73 Å². The van der Waals surface area contributed by atoms with Gasteiger partial charge in [0.15, 0.2) is 5.82 Å². The molecule has 2 aromatic heterocycles. The van der Waals surface area contributed by atoms with Crippen molar-refractivity contribution in [1.82, 2.24) is 15.0 Å². The lowest BCUT2D eigenvalue weighted by Gasteiger charge is -2.03. The molecule has 0 fully saturated rings. The molecule has 4 nitrogen and oxygen atoms in total. The van der Waals surface area contributed by atoms with E-state index in [1.807, 2.05) is 6.92 Å². The van der Waals surface area contributed by atoms with Crippen molar-refractivity contribution < 1.29 is 0 Å². The Morgan fingerprint density at radius 3 is 2.79 bits per heavy atom. The van der Waals surface area contributed by atoms with Crippen LogP contribution in [0.2, 0.25) is 0 Å². The molecule has 0 atom stereocenters. The molecule has 0 amide bonds. The zero-order chi connectivity index (χ0) is 10.1. The summed E-state index contributed by atoms with van der Waals surface area (Å²) < 4.78 is 0.913. The predicted molar refractivity (Wildman–Crippen MR) is 65.0 cm³/mol. The summed E-state index contributed by atoms with van der Waals surface area (Å²) in [5.74, 6) is 1.18. The molecule has 0 aliphatic rings. The normalized spacial score (nSPS) is 10.4. The van der Waals surface area contributed by atoms with Gasteiger partial charge in [0.2, 0.25) is 0 Å². The van der Waals surface area contributed by atoms with Gasteiger partial charge in [0.05, 0.1) is 19.7 Å². The van der Waals surface area contributed by atoms with Crippen molar-refractivity contribution >= 4 is 39.7 Å². The number of nitrogens with two attached hydrogens (primary N) is 1. The molecule has 0 aromatic carbocycles. The Labute approximate surface area is 98.8 Å². The molecule has 2 aromatic rings. The van der Waals surface area contributed by atoms with Crippen LogP contribution in [0.1, 0.15) is 5.69 Å². The van der Waals surface area contributed by atoms with Crippen LogP contribution in [0.25, 0.3) is 10.7 Å². The zero-order valence-electron chi connectivity index (χ0n) is 7.36. The third-order valence-electron chi connectivity index (χ3n) is 1.70. The average Bonchev–Trinajstić information content (AvgIpc) is 2.66. The summed E-state index contributed by atoms with van der Waals surface area (Å²) in [5.41, 5.74) is 8.41. The monoisotopic (exact) mass is 318 g/mol. The van der Waals surface area contributed by atoms with Gasteiger partial charge >= 0.3 is 0 Å². The van der Waals surface area contributed by atoms with Crippen LogP contribution in [-0.2, 0) is 0 Å². The zero-order valence-corrected chi connectivity index (χ0v) is 10.3. The molecular weight excluding hydrogens is 311 g/mol. The maximum absolute atomic E-state index is 5.75. The van der Waals surface area contributed by atoms with Crippen LogP contribution in [-0.4, -0.2) is 15.0 Å². The molecule has 2 heterocycles. The summed E-state index contributed by atoms with van der Waals surface area (Å²) in [6.45, 7) is 1.92. The van der Waals surface area contributed by atoms with Gasteiger partial charge in [-0.2, -0.15) is 0 Å². The Balaban J connectivity index is 2.57. The third kappa shape index (κ3) is 1.71. The van der Waals surface area contributed by atoms with Crippen LogP contribution in [0, 0.1) is 10.5 Å². The second-order valence-electron chi connectivity index (χ2n) is 2.70. The second-order valence-corrected chi connectivity index (χ2v) is 4.66. The first-order valence-electron chi connectivity index (χ1n) is 3.87. The first-order chi connectivity index (χ1) is 6.68. The summed E-state index contributed by atoms with van der Waals surface area (Å²) in [7, 11) is 0. The quantitative estimate of drug-likeness (QED) is 0.818. The molecule has 14 heavy (non-hydrogen) atoms. The van der Waals surface area contributed by atoms with Crippen LogP contribution in [0.3, 0.4) is 0 Å². The highest BCUT2D eigenvalue weighted by molar-refractivity contribution is 14.1. The minimum absolute atomic E-state index is 0.529. The number of aromatic nitrogens is 3. The van der Waals surface area contributed by atoms with E-state index in [0.717, 1.165) is 14.1 Å². The van der Waals surface area contributed by atoms with Gasteiger partial charge in [-0.25, -0.2) is 9.97 Å². The van der Waals surface area contributed by atoms with E-state index in [0.29, 0.717) is 11.6 Å². The minimum Gasteiger partial charge on any atom is -0.383 e. The Kier molecular flexibility index (Phi) is 2.64. The fourth-order valence-corrected chi connectivity index (χ4v) is 1.81. The highest BCUT2D eigenvalue weighted by atomic mass is 127. The van der Waals surface area contributed by atoms with Crippen molar-refractivity contribution in [3.8, 4) is 10.7 Å². The Morgan fingerprint density at radius 1 is 1.43 bits per heavy atom. The number of nitrogen functional groups attached to an aromatic ring is 1. The van der Waals surface area contributed by atoms with Crippen molar-refractivity contribution in [3.05, 3.63) is 21.0 Å². The van der Waals surface area contributed by atoms with E-state index < -0.39 is 0 Å². The molecule has 6 heteroatoms. The van der Waals surface area contributed by atoms with E-state index in [-0.39, 0.29) is 0 Å². The highest BCUT2D eigenvalue weighted by Crippen LogP contribution is 2.23. The summed E-state index contributed by atoms with van der Waals surface area (Å²) in [5, 5.41) is 0. The molecule has 0 unspecified atom stereocenters. The summed E-state index contributed by atoms with van der Waals surface area (Å²) >= 11 is 3.65. The molecule has 0 aliphatic carbocycles. The van der Waals surface area contributed by atoms with Gasteiger partial charge < -0.3 is 5.73 Å². The Bertz CT molecular complexity index is 431. The first-order valence-corrected chi connectivity index (χ1v) is 5.83. The van der Waals surface area contributed by atoms with Gasteiger partial charge in [0.25, 0.3) is 0 Å². The fraction of sp³-hybridized carbons (Fsp3) is 0.125. The van der Waals surface area contributed by atoms with Crippen molar-refractivity contribution in [2.75, 3.05) is 5.73 Å². The van der Waals surface area contributed by atoms with Gasteiger partial charge in [0, 0.05) is 6.20 Å². The molecule has 2 rings (SSSR count). The molecule has 2 N–H and O–H groups in total. The van der Waals surface area contributed by atoms with E-state index in [9.17, 15) is 0 Å². The fourth-order valence-electron chi connectivity index (χ4n) is 1.02. The largest absolute Gasteiger partial charge is 0.383 e. The molecular formula is C8H7IN4S. The number of hydrogen-bond donors (Lipinski definition) is 1. The van der Waals surface area contributed by atoms with E-state index in [1.165, 1.54) is 11.3 Å². The van der Waals surface area contributed by atoms with Crippen molar-refractivity contribution in [3.63, 3.8) is 0 Å². The number of hydrogen-bond acceptors (Lipinski definition) is 5. The van der Waals surface area contributed by atoms with Crippen LogP contribution >= 0.6 is 33.9 Å². The summed E-state index contributed by atoms with van der Waals surface area (Å²) in [6.07, 6.45) is 1.74. The molecule has 0 bridgehead atoms. The van der Waals surface area contributed by atoms with Crippen LogP contribution in [0.5, 0.6) is 0 Å². The molecule has 0 radical (unpaired) electrons. The first kappa shape index (κ1) is 9.78. The molecule has 0 aliphatic heterocycles. The van der Waals surface area contributed by atoms with Gasteiger partial charge in [-0.3, -0.25) is 4.98 Å². The van der Waals surface area contributed by atoms with E-state index >= 15 is 0 Å². The molecule has 0 spiro atoms. The average molecular weight is 318 g/mol. The smallest absolute Gasteiger partial charge is 0.173 e. The minimum atomic E-state index is 0.529.